The second-order valence-electron chi connectivity index (χ2n) is 3.20. The number of hydrogen-bond donors (Lipinski definition) is 0. The van der Waals surface area contributed by atoms with Gasteiger partial charge >= 0.3 is 6.18 Å². The van der Waals surface area contributed by atoms with Crippen molar-refractivity contribution in [2.24, 2.45) is 0 Å². The molecule has 0 saturated heterocycles. The summed E-state index contributed by atoms with van der Waals surface area (Å²) in [7, 11) is 0. The second kappa shape index (κ2) is 4.12. The van der Waals surface area contributed by atoms with Gasteiger partial charge in [0, 0.05) is 9.13 Å². The molecule has 1 heterocycles. The van der Waals surface area contributed by atoms with Crippen LogP contribution in [0.1, 0.15) is 5.56 Å². The van der Waals surface area contributed by atoms with Gasteiger partial charge in [-0.3, -0.25) is 0 Å². The molecule has 0 atom stereocenters. The van der Waals surface area contributed by atoms with Gasteiger partial charge in [-0.25, -0.2) is 0 Å². The summed E-state index contributed by atoms with van der Waals surface area (Å²) in [6.07, 6.45) is -2.90. The Balaban J connectivity index is 2.53. The fourth-order valence-corrected chi connectivity index (χ4v) is 2.01. The van der Waals surface area contributed by atoms with Crippen LogP contribution in [0.5, 0.6) is 0 Å². The topological polar surface area (TPSA) is 13.1 Å². The van der Waals surface area contributed by atoms with Gasteiger partial charge in [0.1, 0.15) is 5.76 Å². The number of alkyl halides is 3. The molecule has 0 amide bonds. The lowest BCUT2D eigenvalue weighted by Crippen LogP contribution is -2.05. The Kier molecular flexibility index (Phi) is 2.96. The van der Waals surface area contributed by atoms with Gasteiger partial charge in [0.15, 0.2) is 0 Å². The first kappa shape index (κ1) is 11.5. The smallest absolute Gasteiger partial charge is 0.416 e. The molecule has 2 aromatic rings. The van der Waals surface area contributed by atoms with Crippen LogP contribution in [0.4, 0.5) is 13.2 Å². The SMILES string of the molecule is FC(F)(F)c1cc(I)cc(-c2ccco2)c1. The normalized spacial score (nSPS) is 11.8. The minimum absolute atomic E-state index is 0.434. The van der Waals surface area contributed by atoms with Gasteiger partial charge < -0.3 is 4.42 Å². The van der Waals surface area contributed by atoms with Crippen molar-refractivity contribution < 1.29 is 17.6 Å². The molecule has 84 valence electrons. The first-order chi connectivity index (χ1) is 7.47. The minimum atomic E-state index is -4.33. The summed E-state index contributed by atoms with van der Waals surface area (Å²) < 4.78 is 43.3. The molecule has 0 aliphatic carbocycles. The number of benzene rings is 1. The molecule has 0 fully saturated rings. The van der Waals surface area contributed by atoms with Crippen LogP contribution >= 0.6 is 22.6 Å². The van der Waals surface area contributed by atoms with Crippen LogP contribution in [0, 0.1) is 3.57 Å². The van der Waals surface area contributed by atoms with E-state index in [-0.39, 0.29) is 0 Å². The Hall–Kier alpha value is -0.980. The zero-order valence-electron chi connectivity index (χ0n) is 7.88. The molecule has 0 saturated carbocycles. The molecule has 0 radical (unpaired) electrons. The quantitative estimate of drug-likeness (QED) is 0.695. The van der Waals surface area contributed by atoms with Crippen LogP contribution in [-0.2, 0) is 6.18 Å². The van der Waals surface area contributed by atoms with Crippen molar-refractivity contribution in [1.29, 1.82) is 0 Å². The van der Waals surface area contributed by atoms with Gasteiger partial charge in [-0.2, -0.15) is 13.2 Å². The summed E-state index contributed by atoms with van der Waals surface area (Å²) in [5.74, 6) is 0.434. The molecule has 16 heavy (non-hydrogen) atoms. The van der Waals surface area contributed by atoms with Crippen molar-refractivity contribution in [1.82, 2.24) is 0 Å². The van der Waals surface area contributed by atoms with E-state index in [0.717, 1.165) is 12.1 Å². The Morgan fingerprint density at radius 3 is 2.44 bits per heavy atom. The molecule has 1 nitrogen and oxygen atoms in total. The minimum Gasteiger partial charge on any atom is -0.464 e. The number of hydrogen-bond acceptors (Lipinski definition) is 1. The largest absolute Gasteiger partial charge is 0.464 e. The van der Waals surface area contributed by atoms with E-state index in [1.54, 1.807) is 18.2 Å². The number of halogens is 4. The summed E-state index contributed by atoms with van der Waals surface area (Å²) in [6.45, 7) is 0. The van der Waals surface area contributed by atoms with E-state index in [2.05, 4.69) is 0 Å². The van der Waals surface area contributed by atoms with E-state index < -0.39 is 11.7 Å². The lowest BCUT2D eigenvalue weighted by Gasteiger charge is -2.08. The fourth-order valence-electron chi connectivity index (χ4n) is 1.34. The van der Waals surface area contributed by atoms with E-state index in [1.807, 2.05) is 22.6 Å². The van der Waals surface area contributed by atoms with Gasteiger partial charge in [-0.15, -0.1) is 0 Å². The van der Waals surface area contributed by atoms with Crippen LogP contribution in [0.2, 0.25) is 0 Å². The predicted molar refractivity (Wildman–Crippen MR) is 61.9 cm³/mol. The Bertz CT molecular complexity index is 488. The highest BCUT2D eigenvalue weighted by molar-refractivity contribution is 14.1. The van der Waals surface area contributed by atoms with Crippen molar-refractivity contribution in [3.63, 3.8) is 0 Å². The molecule has 0 aliphatic rings. The Labute approximate surface area is 103 Å². The molecule has 0 N–H and O–H groups in total. The van der Waals surface area contributed by atoms with Crippen LogP contribution in [0.3, 0.4) is 0 Å². The van der Waals surface area contributed by atoms with E-state index in [1.165, 1.54) is 6.26 Å². The highest BCUT2D eigenvalue weighted by Gasteiger charge is 2.31. The zero-order valence-corrected chi connectivity index (χ0v) is 10.0. The number of rotatable bonds is 1. The van der Waals surface area contributed by atoms with Crippen molar-refractivity contribution in [2.45, 2.75) is 6.18 Å². The first-order valence-corrected chi connectivity index (χ1v) is 5.46. The molecule has 0 spiro atoms. The van der Waals surface area contributed by atoms with Crippen LogP contribution < -0.4 is 0 Å². The third-order valence-electron chi connectivity index (χ3n) is 2.03. The third kappa shape index (κ3) is 2.40. The monoisotopic (exact) mass is 338 g/mol. The Morgan fingerprint density at radius 1 is 1.12 bits per heavy atom. The van der Waals surface area contributed by atoms with E-state index in [9.17, 15) is 13.2 Å². The average molecular weight is 338 g/mol. The lowest BCUT2D eigenvalue weighted by molar-refractivity contribution is -0.137. The molecule has 1 aromatic carbocycles. The van der Waals surface area contributed by atoms with E-state index >= 15 is 0 Å². The van der Waals surface area contributed by atoms with E-state index in [4.69, 9.17) is 4.42 Å². The average Bonchev–Trinajstić information content (AvgIpc) is 2.68. The first-order valence-electron chi connectivity index (χ1n) is 4.38. The summed E-state index contributed by atoms with van der Waals surface area (Å²) in [4.78, 5) is 0. The molecule has 2 rings (SSSR count). The van der Waals surface area contributed by atoms with E-state index in [0.29, 0.717) is 14.9 Å². The van der Waals surface area contributed by atoms with Gasteiger partial charge in [0.25, 0.3) is 0 Å². The molecule has 0 unspecified atom stereocenters. The molecular weight excluding hydrogens is 332 g/mol. The van der Waals surface area contributed by atoms with Crippen molar-refractivity contribution in [2.75, 3.05) is 0 Å². The van der Waals surface area contributed by atoms with Gasteiger partial charge in [0.05, 0.1) is 11.8 Å². The predicted octanol–water partition coefficient (Wildman–Crippen LogP) is 4.57. The van der Waals surface area contributed by atoms with Gasteiger partial charge in [0.2, 0.25) is 0 Å². The second-order valence-corrected chi connectivity index (χ2v) is 4.45. The third-order valence-corrected chi connectivity index (χ3v) is 2.65. The maximum atomic E-state index is 12.6. The summed E-state index contributed by atoms with van der Waals surface area (Å²) in [5.41, 5.74) is -0.227. The summed E-state index contributed by atoms with van der Waals surface area (Å²) >= 11 is 1.85. The standard InChI is InChI=1S/C11H6F3IO/c12-11(13,14)8-4-7(5-9(15)6-8)10-2-1-3-16-10/h1-6H. The molecular formula is C11H6F3IO. The lowest BCUT2D eigenvalue weighted by atomic mass is 10.1. The molecule has 1 aromatic heterocycles. The van der Waals surface area contributed by atoms with Crippen molar-refractivity contribution in [3.8, 4) is 11.3 Å². The highest BCUT2D eigenvalue weighted by Crippen LogP contribution is 2.33. The van der Waals surface area contributed by atoms with Crippen molar-refractivity contribution >= 4 is 22.6 Å². The Morgan fingerprint density at radius 2 is 1.88 bits per heavy atom. The van der Waals surface area contributed by atoms with Crippen LogP contribution in [0.15, 0.2) is 41.0 Å². The van der Waals surface area contributed by atoms with Crippen LogP contribution in [-0.4, -0.2) is 0 Å². The van der Waals surface area contributed by atoms with Crippen molar-refractivity contribution in [3.05, 3.63) is 45.7 Å². The summed E-state index contributed by atoms with van der Waals surface area (Å²) in [5, 5.41) is 0. The number of furan rings is 1. The summed E-state index contributed by atoms with van der Waals surface area (Å²) in [6, 6.07) is 7.11. The van der Waals surface area contributed by atoms with Crippen LogP contribution in [0.25, 0.3) is 11.3 Å². The van der Waals surface area contributed by atoms with Gasteiger partial charge in [-0.05, 0) is 52.9 Å². The maximum Gasteiger partial charge on any atom is 0.416 e. The molecule has 0 bridgehead atoms. The maximum absolute atomic E-state index is 12.6. The highest BCUT2D eigenvalue weighted by atomic mass is 127. The zero-order chi connectivity index (χ0) is 11.8. The molecule has 5 heteroatoms. The fraction of sp³-hybridized carbons (Fsp3) is 0.0909. The van der Waals surface area contributed by atoms with Gasteiger partial charge in [-0.1, -0.05) is 0 Å². The molecule has 0 aliphatic heterocycles.